The summed E-state index contributed by atoms with van der Waals surface area (Å²) in [6, 6.07) is 0. The fourth-order valence-corrected chi connectivity index (χ4v) is 7.85. The normalized spacial score (nSPS) is 47.5. The lowest BCUT2D eigenvalue weighted by Crippen LogP contribution is -2.55. The molecule has 0 aliphatic heterocycles. The van der Waals surface area contributed by atoms with Crippen LogP contribution >= 0.6 is 0 Å². The Morgan fingerprint density at radius 3 is 2.43 bits per heavy atom. The van der Waals surface area contributed by atoms with E-state index in [0.29, 0.717) is 24.2 Å². The molecule has 0 aromatic carbocycles. The average Bonchev–Trinajstić information content (AvgIpc) is 2.92. The SMILES string of the molecule is COC(=O)[C@H]1CC(=O)[C@H]2[C@@H]3CC[C@@H]4C[C@H](OC(C)=O)CC[C@]4(C)[C@H]3CC[C@]12C. The standard InChI is InChI=1S/C23H34O5/c1-13(24)28-15-7-9-22(2)14(11-15)5-6-16-17(22)8-10-23(3)18(21(26)27-4)12-19(25)20(16)23/h14-18,20H,5-12H2,1-4H3/t14-,15-,16-,17+,18-,20-,22+,23-/m1/s1. The number of hydrogen-bond acceptors (Lipinski definition) is 5. The van der Waals surface area contributed by atoms with Gasteiger partial charge in [0, 0.05) is 19.3 Å². The number of carbonyl (C=O) groups is 3. The predicted molar refractivity (Wildman–Crippen MR) is 103 cm³/mol. The first-order valence-electron chi connectivity index (χ1n) is 11.0. The van der Waals surface area contributed by atoms with E-state index in [9.17, 15) is 14.4 Å². The predicted octanol–water partition coefficient (Wildman–Crippen LogP) is 3.93. The summed E-state index contributed by atoms with van der Waals surface area (Å²) in [5, 5.41) is 0. The fraction of sp³-hybridized carbons (Fsp3) is 0.870. The summed E-state index contributed by atoms with van der Waals surface area (Å²) in [4.78, 5) is 36.8. The quantitative estimate of drug-likeness (QED) is 0.668. The number of ether oxygens (including phenoxy) is 2. The van der Waals surface area contributed by atoms with Gasteiger partial charge < -0.3 is 9.47 Å². The van der Waals surface area contributed by atoms with E-state index in [1.54, 1.807) is 0 Å². The van der Waals surface area contributed by atoms with Gasteiger partial charge in [-0.1, -0.05) is 13.8 Å². The van der Waals surface area contributed by atoms with E-state index >= 15 is 0 Å². The first kappa shape index (κ1) is 19.9. The number of carbonyl (C=O) groups excluding carboxylic acids is 3. The molecule has 4 fully saturated rings. The average molecular weight is 391 g/mol. The van der Waals surface area contributed by atoms with Crippen LogP contribution in [-0.2, 0) is 23.9 Å². The molecule has 4 saturated carbocycles. The number of methoxy groups -OCH3 is 1. The van der Waals surface area contributed by atoms with Crippen LogP contribution in [-0.4, -0.2) is 30.9 Å². The molecule has 28 heavy (non-hydrogen) atoms. The van der Waals surface area contributed by atoms with E-state index in [4.69, 9.17) is 9.47 Å². The van der Waals surface area contributed by atoms with Crippen molar-refractivity contribution in [2.75, 3.05) is 7.11 Å². The van der Waals surface area contributed by atoms with E-state index < -0.39 is 0 Å². The van der Waals surface area contributed by atoms with E-state index in [2.05, 4.69) is 13.8 Å². The maximum atomic E-state index is 13.1. The van der Waals surface area contributed by atoms with Crippen LogP contribution < -0.4 is 0 Å². The molecular weight excluding hydrogens is 356 g/mol. The molecule has 0 aromatic rings. The summed E-state index contributed by atoms with van der Waals surface area (Å²) in [6.07, 6.45) is 7.52. The van der Waals surface area contributed by atoms with Gasteiger partial charge in [-0.05, 0) is 73.5 Å². The number of ketones is 1. The highest BCUT2D eigenvalue weighted by Gasteiger charge is 2.64. The third-order valence-corrected chi connectivity index (χ3v) is 9.20. The first-order valence-corrected chi connectivity index (χ1v) is 11.0. The van der Waals surface area contributed by atoms with Crippen molar-refractivity contribution in [3.05, 3.63) is 0 Å². The van der Waals surface area contributed by atoms with Crippen LogP contribution in [0.5, 0.6) is 0 Å². The summed E-state index contributed by atoms with van der Waals surface area (Å²) >= 11 is 0. The lowest BCUT2D eigenvalue weighted by Gasteiger charge is -2.60. The molecule has 0 spiro atoms. The molecule has 0 heterocycles. The minimum Gasteiger partial charge on any atom is -0.469 e. The van der Waals surface area contributed by atoms with Gasteiger partial charge in [-0.2, -0.15) is 0 Å². The molecule has 0 bridgehead atoms. The van der Waals surface area contributed by atoms with Crippen molar-refractivity contribution in [2.45, 2.75) is 78.2 Å². The van der Waals surface area contributed by atoms with Crippen molar-refractivity contribution in [2.24, 2.45) is 40.4 Å². The second kappa shape index (κ2) is 6.84. The van der Waals surface area contributed by atoms with Crippen LogP contribution in [0.25, 0.3) is 0 Å². The molecule has 8 atom stereocenters. The van der Waals surface area contributed by atoms with Crippen LogP contribution in [0.1, 0.15) is 72.1 Å². The molecule has 0 unspecified atom stereocenters. The monoisotopic (exact) mass is 390 g/mol. The summed E-state index contributed by atoms with van der Waals surface area (Å²) in [7, 11) is 1.43. The maximum absolute atomic E-state index is 13.1. The number of esters is 2. The summed E-state index contributed by atoms with van der Waals surface area (Å²) in [6.45, 7) is 6.07. The third-order valence-electron chi connectivity index (χ3n) is 9.20. The van der Waals surface area contributed by atoms with E-state index in [1.165, 1.54) is 14.0 Å². The molecule has 0 N–H and O–H groups in total. The first-order chi connectivity index (χ1) is 13.2. The Morgan fingerprint density at radius 2 is 1.75 bits per heavy atom. The topological polar surface area (TPSA) is 69.7 Å². The van der Waals surface area contributed by atoms with Crippen molar-refractivity contribution >= 4 is 17.7 Å². The van der Waals surface area contributed by atoms with E-state index in [-0.39, 0.29) is 46.5 Å². The molecule has 5 heteroatoms. The van der Waals surface area contributed by atoms with Crippen molar-refractivity contribution < 1.29 is 23.9 Å². The van der Waals surface area contributed by atoms with Gasteiger partial charge in [0.05, 0.1) is 13.0 Å². The van der Waals surface area contributed by atoms with Gasteiger partial charge in [0.25, 0.3) is 0 Å². The number of hydrogen-bond donors (Lipinski definition) is 0. The second-order valence-electron chi connectivity index (χ2n) is 10.3. The van der Waals surface area contributed by atoms with Crippen molar-refractivity contribution in [1.82, 2.24) is 0 Å². The Kier molecular flexibility index (Phi) is 4.86. The Balaban J connectivity index is 1.57. The zero-order chi connectivity index (χ0) is 20.3. The van der Waals surface area contributed by atoms with Crippen LogP contribution in [0.15, 0.2) is 0 Å². The van der Waals surface area contributed by atoms with Crippen molar-refractivity contribution in [3.8, 4) is 0 Å². The Bertz CT molecular complexity index is 686. The molecule has 4 aliphatic rings. The molecule has 5 nitrogen and oxygen atoms in total. The molecule has 0 saturated heterocycles. The highest BCUT2D eigenvalue weighted by molar-refractivity contribution is 5.91. The van der Waals surface area contributed by atoms with Crippen molar-refractivity contribution in [1.29, 1.82) is 0 Å². The minimum absolute atomic E-state index is 0.000631. The fourth-order valence-electron chi connectivity index (χ4n) is 7.85. The Hall–Kier alpha value is -1.39. The smallest absolute Gasteiger partial charge is 0.309 e. The van der Waals surface area contributed by atoms with Gasteiger partial charge in [0.15, 0.2) is 0 Å². The lowest BCUT2D eigenvalue weighted by molar-refractivity contribution is -0.166. The van der Waals surface area contributed by atoms with Gasteiger partial charge in [0.1, 0.15) is 11.9 Å². The molecule has 156 valence electrons. The summed E-state index contributed by atoms with van der Waals surface area (Å²) < 4.78 is 10.6. The van der Waals surface area contributed by atoms with E-state index in [0.717, 1.165) is 44.9 Å². The van der Waals surface area contributed by atoms with Crippen LogP contribution in [0, 0.1) is 40.4 Å². The van der Waals surface area contributed by atoms with Crippen LogP contribution in [0.3, 0.4) is 0 Å². The van der Waals surface area contributed by atoms with Crippen LogP contribution in [0.4, 0.5) is 0 Å². The highest BCUT2D eigenvalue weighted by Crippen LogP contribution is 2.66. The van der Waals surface area contributed by atoms with Crippen LogP contribution in [0.2, 0.25) is 0 Å². The molecule has 0 radical (unpaired) electrons. The zero-order valence-electron chi connectivity index (χ0n) is 17.7. The molecule has 0 amide bonds. The lowest BCUT2D eigenvalue weighted by atomic mass is 9.44. The zero-order valence-corrected chi connectivity index (χ0v) is 17.7. The Labute approximate surface area is 167 Å². The van der Waals surface area contributed by atoms with Crippen molar-refractivity contribution in [3.63, 3.8) is 0 Å². The van der Waals surface area contributed by atoms with Gasteiger partial charge in [0.2, 0.25) is 0 Å². The molecule has 4 aliphatic carbocycles. The largest absolute Gasteiger partial charge is 0.469 e. The van der Waals surface area contributed by atoms with Gasteiger partial charge in [-0.3, -0.25) is 14.4 Å². The number of rotatable bonds is 2. The number of Topliss-reactive ketones (excluding diaryl/α,β-unsaturated/α-hetero) is 1. The van der Waals surface area contributed by atoms with Gasteiger partial charge >= 0.3 is 11.9 Å². The third kappa shape index (κ3) is 2.83. The van der Waals surface area contributed by atoms with Gasteiger partial charge in [-0.25, -0.2) is 0 Å². The minimum atomic E-state index is -0.277. The number of fused-ring (bicyclic) bond motifs is 5. The second-order valence-corrected chi connectivity index (χ2v) is 10.3. The Morgan fingerprint density at radius 1 is 1.04 bits per heavy atom. The summed E-state index contributed by atoms with van der Waals surface area (Å²) in [5.74, 6) is 1.09. The van der Waals surface area contributed by atoms with Gasteiger partial charge in [-0.15, -0.1) is 0 Å². The summed E-state index contributed by atoms with van der Waals surface area (Å²) in [5.41, 5.74) is -0.0337. The maximum Gasteiger partial charge on any atom is 0.309 e. The molecular formula is C23H34O5. The molecule has 4 rings (SSSR count). The van der Waals surface area contributed by atoms with E-state index in [1.807, 2.05) is 0 Å². The molecule has 0 aromatic heterocycles. The highest BCUT2D eigenvalue weighted by atomic mass is 16.5.